The molecule has 130 valence electrons. The van der Waals surface area contributed by atoms with Gasteiger partial charge in [-0.05, 0) is 42.7 Å². The van der Waals surface area contributed by atoms with E-state index >= 15 is 0 Å². The van der Waals surface area contributed by atoms with E-state index in [1.165, 1.54) is 14.2 Å². The predicted octanol–water partition coefficient (Wildman–Crippen LogP) is 3.85. The Morgan fingerprint density at radius 1 is 0.958 bits per heavy atom. The minimum atomic E-state index is -3.64. The van der Waals surface area contributed by atoms with Gasteiger partial charge in [-0.15, -0.1) is 0 Å². The van der Waals surface area contributed by atoms with Gasteiger partial charge >= 0.3 is 0 Å². The normalized spacial score (nSPS) is 11.1. The lowest BCUT2D eigenvalue weighted by atomic mass is 10.1. The molecule has 24 heavy (non-hydrogen) atoms. The van der Waals surface area contributed by atoms with Crippen LogP contribution in [0.25, 0.3) is 0 Å². The van der Waals surface area contributed by atoms with Crippen molar-refractivity contribution >= 4 is 15.7 Å². The van der Waals surface area contributed by atoms with Crippen molar-refractivity contribution in [2.24, 2.45) is 0 Å². The molecule has 5 nitrogen and oxygen atoms in total. The van der Waals surface area contributed by atoms with E-state index in [1.807, 2.05) is 12.1 Å². The van der Waals surface area contributed by atoms with E-state index in [0.29, 0.717) is 17.2 Å². The summed E-state index contributed by atoms with van der Waals surface area (Å²) in [5, 5.41) is 0. The van der Waals surface area contributed by atoms with E-state index in [0.717, 1.165) is 24.8 Å². The van der Waals surface area contributed by atoms with Gasteiger partial charge in [0.2, 0.25) is 0 Å². The third-order valence-corrected chi connectivity index (χ3v) is 5.09. The number of unbranched alkanes of at least 4 members (excludes halogenated alkanes) is 1. The fourth-order valence-corrected chi connectivity index (χ4v) is 3.38. The molecule has 0 spiro atoms. The molecule has 2 rings (SSSR count). The van der Waals surface area contributed by atoms with Crippen molar-refractivity contribution in [1.29, 1.82) is 0 Å². The number of ether oxygens (including phenoxy) is 2. The third kappa shape index (κ3) is 4.41. The molecule has 2 aromatic rings. The molecule has 0 aromatic heterocycles. The SMILES string of the molecule is CCCCc1ccc(S(=O)(=O)Nc2ccc(OC)c(OC)c2)cc1. The van der Waals surface area contributed by atoms with Gasteiger partial charge < -0.3 is 9.47 Å². The molecule has 0 unspecified atom stereocenters. The van der Waals surface area contributed by atoms with Crippen LogP contribution in [-0.2, 0) is 16.4 Å². The van der Waals surface area contributed by atoms with Crippen LogP contribution in [0.2, 0.25) is 0 Å². The number of aryl methyl sites for hydroxylation is 1. The Kier molecular flexibility index (Phi) is 6.09. The van der Waals surface area contributed by atoms with Crippen molar-refractivity contribution < 1.29 is 17.9 Å². The summed E-state index contributed by atoms with van der Waals surface area (Å²) in [5.74, 6) is 1.01. The zero-order valence-corrected chi connectivity index (χ0v) is 15.0. The fourth-order valence-electron chi connectivity index (χ4n) is 2.33. The molecule has 0 aliphatic carbocycles. The molecule has 0 fully saturated rings. The molecular weight excluding hydrogens is 326 g/mol. The van der Waals surface area contributed by atoms with Gasteiger partial charge in [0.1, 0.15) is 0 Å². The Hall–Kier alpha value is -2.21. The molecule has 1 N–H and O–H groups in total. The minimum absolute atomic E-state index is 0.234. The van der Waals surface area contributed by atoms with Gasteiger partial charge in [0.25, 0.3) is 10.0 Å². The van der Waals surface area contributed by atoms with Gasteiger partial charge in [-0.1, -0.05) is 25.5 Å². The van der Waals surface area contributed by atoms with Crippen LogP contribution in [0.3, 0.4) is 0 Å². The van der Waals surface area contributed by atoms with Crippen molar-refractivity contribution in [2.45, 2.75) is 31.1 Å². The molecule has 0 atom stereocenters. The van der Waals surface area contributed by atoms with Crippen LogP contribution in [0, 0.1) is 0 Å². The summed E-state index contributed by atoms with van der Waals surface area (Å²) in [6.07, 6.45) is 3.16. The van der Waals surface area contributed by atoms with Crippen LogP contribution in [0.1, 0.15) is 25.3 Å². The summed E-state index contributed by atoms with van der Waals surface area (Å²) in [6, 6.07) is 11.9. The van der Waals surface area contributed by atoms with Crippen molar-refractivity contribution in [3.63, 3.8) is 0 Å². The zero-order valence-electron chi connectivity index (χ0n) is 14.2. The van der Waals surface area contributed by atoms with Gasteiger partial charge in [-0.3, -0.25) is 4.72 Å². The lowest BCUT2D eigenvalue weighted by Crippen LogP contribution is -2.13. The van der Waals surface area contributed by atoms with Gasteiger partial charge in [0.05, 0.1) is 24.8 Å². The lowest BCUT2D eigenvalue weighted by Gasteiger charge is -2.12. The smallest absolute Gasteiger partial charge is 0.261 e. The zero-order chi connectivity index (χ0) is 17.6. The highest BCUT2D eigenvalue weighted by Crippen LogP contribution is 2.30. The molecule has 2 aromatic carbocycles. The second-order valence-electron chi connectivity index (χ2n) is 5.42. The first-order valence-electron chi connectivity index (χ1n) is 7.84. The summed E-state index contributed by atoms with van der Waals surface area (Å²) < 4.78 is 37.9. The quantitative estimate of drug-likeness (QED) is 0.786. The fraction of sp³-hybridized carbons (Fsp3) is 0.333. The largest absolute Gasteiger partial charge is 0.493 e. The number of nitrogens with one attached hydrogen (secondary N) is 1. The van der Waals surface area contributed by atoms with Gasteiger partial charge in [-0.2, -0.15) is 0 Å². The van der Waals surface area contributed by atoms with Crippen molar-refractivity contribution in [3.8, 4) is 11.5 Å². The van der Waals surface area contributed by atoms with Crippen molar-refractivity contribution in [3.05, 3.63) is 48.0 Å². The van der Waals surface area contributed by atoms with E-state index in [2.05, 4.69) is 11.6 Å². The molecule has 6 heteroatoms. The van der Waals surface area contributed by atoms with Gasteiger partial charge in [0, 0.05) is 6.07 Å². The van der Waals surface area contributed by atoms with Crippen molar-refractivity contribution in [2.75, 3.05) is 18.9 Å². The van der Waals surface area contributed by atoms with Gasteiger partial charge in [-0.25, -0.2) is 8.42 Å². The maximum Gasteiger partial charge on any atom is 0.261 e. The topological polar surface area (TPSA) is 64.6 Å². The van der Waals surface area contributed by atoms with E-state index in [4.69, 9.17) is 9.47 Å². The Morgan fingerprint density at radius 3 is 2.21 bits per heavy atom. The van der Waals surface area contributed by atoms with E-state index in [9.17, 15) is 8.42 Å². The van der Waals surface area contributed by atoms with Crippen LogP contribution in [0.4, 0.5) is 5.69 Å². The summed E-state index contributed by atoms with van der Waals surface area (Å²) >= 11 is 0. The molecule has 0 aliphatic heterocycles. The Bertz CT molecular complexity index is 770. The first-order valence-corrected chi connectivity index (χ1v) is 9.32. The Balaban J connectivity index is 2.19. The molecule has 0 aliphatic rings. The Morgan fingerprint density at radius 2 is 1.62 bits per heavy atom. The molecule has 0 heterocycles. The highest BCUT2D eigenvalue weighted by molar-refractivity contribution is 7.92. The van der Waals surface area contributed by atoms with Crippen LogP contribution in [0.5, 0.6) is 11.5 Å². The number of methoxy groups -OCH3 is 2. The monoisotopic (exact) mass is 349 g/mol. The lowest BCUT2D eigenvalue weighted by molar-refractivity contribution is 0.355. The molecule has 0 saturated heterocycles. The second kappa shape index (κ2) is 8.06. The van der Waals surface area contributed by atoms with Gasteiger partial charge in [0.15, 0.2) is 11.5 Å². The van der Waals surface area contributed by atoms with Crippen LogP contribution >= 0.6 is 0 Å². The van der Waals surface area contributed by atoms with E-state index in [1.54, 1.807) is 30.3 Å². The second-order valence-corrected chi connectivity index (χ2v) is 7.11. The maximum atomic E-state index is 12.5. The first kappa shape index (κ1) is 18.1. The molecule has 0 amide bonds. The standard InChI is InChI=1S/C18H23NO4S/c1-4-5-6-14-7-10-16(11-8-14)24(20,21)19-15-9-12-17(22-2)18(13-15)23-3/h7-13,19H,4-6H2,1-3H3. The maximum absolute atomic E-state index is 12.5. The van der Waals surface area contributed by atoms with Crippen LogP contribution < -0.4 is 14.2 Å². The van der Waals surface area contributed by atoms with Crippen LogP contribution in [-0.4, -0.2) is 22.6 Å². The van der Waals surface area contributed by atoms with E-state index in [-0.39, 0.29) is 4.90 Å². The van der Waals surface area contributed by atoms with E-state index < -0.39 is 10.0 Å². The average Bonchev–Trinajstić information content (AvgIpc) is 2.59. The summed E-state index contributed by atoms with van der Waals surface area (Å²) in [5.41, 5.74) is 1.56. The summed E-state index contributed by atoms with van der Waals surface area (Å²) in [4.78, 5) is 0.234. The number of hydrogen-bond donors (Lipinski definition) is 1. The van der Waals surface area contributed by atoms with Crippen LogP contribution in [0.15, 0.2) is 47.4 Å². The highest BCUT2D eigenvalue weighted by Gasteiger charge is 2.15. The summed E-state index contributed by atoms with van der Waals surface area (Å²) in [7, 11) is -0.607. The highest BCUT2D eigenvalue weighted by atomic mass is 32.2. The molecule has 0 saturated carbocycles. The predicted molar refractivity (Wildman–Crippen MR) is 95.4 cm³/mol. The summed E-state index contributed by atoms with van der Waals surface area (Å²) in [6.45, 7) is 2.13. The third-order valence-electron chi connectivity index (χ3n) is 3.69. The molecular formula is C18H23NO4S. The van der Waals surface area contributed by atoms with Crippen molar-refractivity contribution in [1.82, 2.24) is 0 Å². The number of anilines is 1. The first-order chi connectivity index (χ1) is 11.5. The number of rotatable bonds is 8. The molecule has 0 bridgehead atoms. The minimum Gasteiger partial charge on any atom is -0.493 e. The average molecular weight is 349 g/mol. The number of hydrogen-bond acceptors (Lipinski definition) is 4. The Labute approximate surface area is 143 Å². The molecule has 0 radical (unpaired) electrons. The number of benzene rings is 2. The number of sulfonamides is 1.